The Morgan fingerprint density at radius 1 is 1.12 bits per heavy atom. The standard InChI is InChI=1S/C25H39N3O5S/c1-18(2)24(26-34(31,32)22-12-10-21(33-4)11-13-22)25(30)27-15-16-28(19(3)17-27)23(29)14-9-20-7-5-6-8-20/h10-13,18-20,24,26H,5-9,14-17H2,1-4H3. The molecule has 190 valence electrons. The third-order valence-electron chi connectivity index (χ3n) is 7.09. The van der Waals surface area contributed by atoms with Crippen molar-refractivity contribution in [2.75, 3.05) is 26.7 Å². The van der Waals surface area contributed by atoms with Crippen LogP contribution >= 0.6 is 0 Å². The molecule has 8 nitrogen and oxygen atoms in total. The number of carbonyl (C=O) groups excluding carboxylic acids is 2. The van der Waals surface area contributed by atoms with E-state index in [4.69, 9.17) is 4.74 Å². The Bertz CT molecular complexity index is 942. The third kappa shape index (κ3) is 6.50. The second kappa shape index (κ2) is 11.5. The van der Waals surface area contributed by atoms with Crippen LogP contribution in [0.3, 0.4) is 0 Å². The van der Waals surface area contributed by atoms with E-state index in [1.54, 1.807) is 17.0 Å². The van der Waals surface area contributed by atoms with Crippen LogP contribution in [0, 0.1) is 11.8 Å². The summed E-state index contributed by atoms with van der Waals surface area (Å²) in [5.41, 5.74) is 0. The minimum absolute atomic E-state index is 0.0813. The zero-order valence-electron chi connectivity index (χ0n) is 20.8. The second-order valence-electron chi connectivity index (χ2n) is 9.93. The smallest absolute Gasteiger partial charge is 0.241 e. The first-order chi connectivity index (χ1) is 16.1. The SMILES string of the molecule is COc1ccc(S(=O)(=O)NC(C(=O)N2CCN(C(=O)CCC3CCCC3)C(C)C2)C(C)C)cc1. The summed E-state index contributed by atoms with van der Waals surface area (Å²) in [6.07, 6.45) is 6.53. The molecule has 1 aliphatic carbocycles. The number of amides is 2. The highest BCUT2D eigenvalue weighted by atomic mass is 32.2. The molecular formula is C25H39N3O5S. The van der Waals surface area contributed by atoms with Crippen LogP contribution in [0.2, 0.25) is 0 Å². The van der Waals surface area contributed by atoms with E-state index in [1.807, 2.05) is 25.7 Å². The summed E-state index contributed by atoms with van der Waals surface area (Å²) in [4.78, 5) is 29.8. The summed E-state index contributed by atoms with van der Waals surface area (Å²) in [5.74, 6) is 0.902. The van der Waals surface area contributed by atoms with Crippen LogP contribution in [0.25, 0.3) is 0 Å². The number of hydrogen-bond acceptors (Lipinski definition) is 5. The van der Waals surface area contributed by atoms with Gasteiger partial charge in [0.25, 0.3) is 0 Å². The molecule has 1 heterocycles. The summed E-state index contributed by atoms with van der Waals surface area (Å²) in [5, 5.41) is 0. The number of nitrogens with zero attached hydrogens (tertiary/aromatic N) is 2. The van der Waals surface area contributed by atoms with Gasteiger partial charge in [0, 0.05) is 32.1 Å². The van der Waals surface area contributed by atoms with Gasteiger partial charge in [0.1, 0.15) is 11.8 Å². The third-order valence-corrected chi connectivity index (χ3v) is 8.54. The molecule has 3 rings (SSSR count). The van der Waals surface area contributed by atoms with Crippen molar-refractivity contribution in [3.63, 3.8) is 0 Å². The van der Waals surface area contributed by atoms with Crippen molar-refractivity contribution in [2.45, 2.75) is 76.3 Å². The Kier molecular flexibility index (Phi) is 8.98. The van der Waals surface area contributed by atoms with Crippen LogP contribution in [-0.4, -0.2) is 68.9 Å². The lowest BCUT2D eigenvalue weighted by Crippen LogP contribution is -2.59. The van der Waals surface area contributed by atoms with E-state index < -0.39 is 16.1 Å². The van der Waals surface area contributed by atoms with Crippen molar-refractivity contribution in [3.05, 3.63) is 24.3 Å². The van der Waals surface area contributed by atoms with E-state index in [0.29, 0.717) is 37.7 Å². The van der Waals surface area contributed by atoms with Gasteiger partial charge < -0.3 is 14.5 Å². The van der Waals surface area contributed by atoms with Gasteiger partial charge in [-0.3, -0.25) is 9.59 Å². The summed E-state index contributed by atoms with van der Waals surface area (Å²) >= 11 is 0. The minimum Gasteiger partial charge on any atom is -0.497 e. The van der Waals surface area contributed by atoms with Gasteiger partial charge in [-0.25, -0.2) is 8.42 Å². The molecule has 1 N–H and O–H groups in total. The summed E-state index contributed by atoms with van der Waals surface area (Å²) in [6.45, 7) is 6.90. The fourth-order valence-corrected chi connectivity index (χ4v) is 6.29. The lowest BCUT2D eigenvalue weighted by Gasteiger charge is -2.41. The number of piperazine rings is 1. The van der Waals surface area contributed by atoms with Gasteiger partial charge in [0.2, 0.25) is 21.8 Å². The van der Waals surface area contributed by atoms with Gasteiger partial charge in [0.15, 0.2) is 0 Å². The maximum atomic E-state index is 13.3. The molecule has 2 fully saturated rings. The first kappa shape index (κ1) is 26.5. The highest BCUT2D eigenvalue weighted by molar-refractivity contribution is 7.89. The minimum atomic E-state index is -3.88. The van der Waals surface area contributed by atoms with Crippen molar-refractivity contribution in [1.29, 1.82) is 0 Å². The van der Waals surface area contributed by atoms with Crippen LogP contribution in [0.4, 0.5) is 0 Å². The largest absolute Gasteiger partial charge is 0.497 e. The zero-order chi connectivity index (χ0) is 24.9. The number of hydrogen-bond donors (Lipinski definition) is 1. The number of carbonyl (C=O) groups is 2. The van der Waals surface area contributed by atoms with E-state index in [2.05, 4.69) is 4.72 Å². The molecule has 2 aliphatic rings. The van der Waals surface area contributed by atoms with Gasteiger partial charge in [-0.05, 0) is 49.4 Å². The second-order valence-corrected chi connectivity index (χ2v) is 11.6. The molecule has 34 heavy (non-hydrogen) atoms. The molecule has 0 radical (unpaired) electrons. The fourth-order valence-electron chi connectivity index (χ4n) is 4.96. The number of ether oxygens (including phenoxy) is 1. The molecule has 1 aromatic rings. The van der Waals surface area contributed by atoms with Gasteiger partial charge in [-0.2, -0.15) is 4.72 Å². The predicted molar refractivity (Wildman–Crippen MR) is 131 cm³/mol. The van der Waals surface area contributed by atoms with Crippen LogP contribution in [0.1, 0.15) is 59.3 Å². The Morgan fingerprint density at radius 2 is 1.76 bits per heavy atom. The molecule has 0 spiro atoms. The van der Waals surface area contributed by atoms with Crippen LogP contribution in [0.15, 0.2) is 29.2 Å². The van der Waals surface area contributed by atoms with E-state index in [0.717, 1.165) is 6.42 Å². The van der Waals surface area contributed by atoms with Crippen LogP contribution < -0.4 is 9.46 Å². The molecule has 1 saturated heterocycles. The van der Waals surface area contributed by atoms with Crippen LogP contribution in [0.5, 0.6) is 5.75 Å². The lowest BCUT2D eigenvalue weighted by molar-refractivity contribution is -0.144. The lowest BCUT2D eigenvalue weighted by atomic mass is 10.0. The van der Waals surface area contributed by atoms with Crippen molar-refractivity contribution < 1.29 is 22.7 Å². The Hall–Kier alpha value is -2.13. The topological polar surface area (TPSA) is 96.0 Å². The van der Waals surface area contributed by atoms with Gasteiger partial charge in [-0.15, -0.1) is 0 Å². The molecule has 2 amide bonds. The maximum absolute atomic E-state index is 13.3. The number of nitrogens with one attached hydrogen (secondary N) is 1. The molecule has 1 aliphatic heterocycles. The number of sulfonamides is 1. The Labute approximate surface area is 204 Å². The molecule has 2 unspecified atom stereocenters. The normalized spacial score (nSPS) is 20.6. The molecular weight excluding hydrogens is 454 g/mol. The van der Waals surface area contributed by atoms with Crippen molar-refractivity contribution in [3.8, 4) is 5.75 Å². The van der Waals surface area contributed by atoms with Crippen molar-refractivity contribution in [2.24, 2.45) is 11.8 Å². The average molecular weight is 494 g/mol. The Balaban J connectivity index is 1.60. The quantitative estimate of drug-likeness (QED) is 0.571. The first-order valence-corrected chi connectivity index (χ1v) is 13.9. The first-order valence-electron chi connectivity index (χ1n) is 12.4. The van der Waals surface area contributed by atoms with E-state index >= 15 is 0 Å². The molecule has 1 aromatic carbocycles. The highest BCUT2D eigenvalue weighted by Gasteiger charge is 2.36. The maximum Gasteiger partial charge on any atom is 0.241 e. The highest BCUT2D eigenvalue weighted by Crippen LogP contribution is 2.29. The predicted octanol–water partition coefficient (Wildman–Crippen LogP) is 3.03. The van der Waals surface area contributed by atoms with Crippen molar-refractivity contribution >= 4 is 21.8 Å². The van der Waals surface area contributed by atoms with Crippen molar-refractivity contribution in [1.82, 2.24) is 14.5 Å². The molecule has 2 atom stereocenters. The van der Waals surface area contributed by atoms with Gasteiger partial charge in [-0.1, -0.05) is 39.5 Å². The fraction of sp³-hybridized carbons (Fsp3) is 0.680. The van der Waals surface area contributed by atoms with E-state index in [-0.39, 0.29) is 28.7 Å². The summed E-state index contributed by atoms with van der Waals surface area (Å²) < 4.78 is 33.6. The summed E-state index contributed by atoms with van der Waals surface area (Å²) in [7, 11) is -2.37. The molecule has 1 saturated carbocycles. The van der Waals surface area contributed by atoms with E-state index in [1.165, 1.54) is 44.9 Å². The number of benzene rings is 1. The molecule has 0 bridgehead atoms. The zero-order valence-corrected chi connectivity index (χ0v) is 21.6. The Morgan fingerprint density at radius 3 is 2.32 bits per heavy atom. The number of methoxy groups -OCH3 is 1. The van der Waals surface area contributed by atoms with Gasteiger partial charge in [0.05, 0.1) is 12.0 Å². The molecule has 0 aromatic heterocycles. The average Bonchev–Trinajstić information content (AvgIpc) is 3.34. The van der Waals surface area contributed by atoms with E-state index in [9.17, 15) is 18.0 Å². The number of rotatable bonds is 9. The van der Waals surface area contributed by atoms with Gasteiger partial charge >= 0.3 is 0 Å². The summed E-state index contributed by atoms with van der Waals surface area (Å²) in [6, 6.07) is 5.09. The molecule has 9 heteroatoms. The van der Waals surface area contributed by atoms with Crippen LogP contribution in [-0.2, 0) is 19.6 Å². The monoisotopic (exact) mass is 493 g/mol.